The summed E-state index contributed by atoms with van der Waals surface area (Å²) in [6, 6.07) is 10.3. The molecule has 1 aromatic carbocycles. The molecule has 0 N–H and O–H groups in total. The van der Waals surface area contributed by atoms with Crippen LogP contribution in [0.25, 0.3) is 0 Å². The third-order valence-corrected chi connectivity index (χ3v) is 0.940. The Morgan fingerprint density at radius 1 is 1.11 bits per heavy atom. The third-order valence-electron chi connectivity index (χ3n) is 0.940. The molecule has 1 atom stereocenters. The van der Waals surface area contributed by atoms with Gasteiger partial charge in [-0.2, -0.15) is 0 Å². The molecule has 0 aliphatic rings. The second-order valence-corrected chi connectivity index (χ2v) is 1.65. The predicted molar refractivity (Wildman–Crippen MR) is 41.6 cm³/mol. The van der Waals surface area contributed by atoms with Crippen LogP contribution in [0.5, 0.6) is 0 Å². The first-order valence-electron chi connectivity index (χ1n) is 2.65. The first-order valence-corrected chi connectivity index (χ1v) is 3.12. The second kappa shape index (κ2) is 5.46. The highest BCUT2D eigenvalue weighted by atomic mass is 31.0. The Labute approximate surface area is 57.3 Å². The molecule has 1 rings (SSSR count). The maximum atomic E-state index is 8.17. The number of hydrogen-bond acceptors (Lipinski definition) is 1. The molecule has 1 nitrogen and oxygen atoms in total. The van der Waals surface area contributed by atoms with Gasteiger partial charge in [0.1, 0.15) is 0 Å². The highest BCUT2D eigenvalue weighted by Gasteiger charge is 1.72. The fourth-order valence-electron chi connectivity index (χ4n) is 0.534. The highest BCUT2D eigenvalue weighted by Crippen LogP contribution is 1.92. The zero-order valence-electron chi connectivity index (χ0n) is 5.37. The third kappa shape index (κ3) is 3.87. The molecule has 0 bridgehead atoms. The SMILES string of the molecule is Cc1ccccc1.O=[PH2+]. The molecule has 0 amide bonds. The maximum absolute atomic E-state index is 8.17. The summed E-state index contributed by atoms with van der Waals surface area (Å²) >= 11 is 0. The molecule has 0 saturated carbocycles. The van der Waals surface area contributed by atoms with Crippen molar-refractivity contribution in [1.29, 1.82) is 0 Å². The topological polar surface area (TPSA) is 17.1 Å². The van der Waals surface area contributed by atoms with Gasteiger partial charge >= 0.3 is 9.12 Å². The molecule has 0 aromatic heterocycles. The minimum atomic E-state index is 1.17. The smallest absolute Gasteiger partial charge is 0.0801 e. The molecule has 0 aliphatic heterocycles. The molecule has 0 spiro atoms. The van der Waals surface area contributed by atoms with Gasteiger partial charge in [-0.1, -0.05) is 40.5 Å². The van der Waals surface area contributed by atoms with Crippen LogP contribution >= 0.6 is 9.12 Å². The van der Waals surface area contributed by atoms with E-state index >= 15 is 0 Å². The lowest BCUT2D eigenvalue weighted by Gasteiger charge is -1.82. The highest BCUT2D eigenvalue weighted by molar-refractivity contribution is 7.00. The van der Waals surface area contributed by atoms with E-state index in [1.807, 2.05) is 18.2 Å². The van der Waals surface area contributed by atoms with E-state index in [0.29, 0.717) is 0 Å². The van der Waals surface area contributed by atoms with Gasteiger partial charge in [0, 0.05) is 0 Å². The monoisotopic (exact) mass is 141 g/mol. The standard InChI is InChI=1S/C7H8.H2OP/c1-7-5-3-2-4-6-7;1-2/h2-6H,1H3;2H2/q;+1. The van der Waals surface area contributed by atoms with E-state index in [9.17, 15) is 0 Å². The van der Waals surface area contributed by atoms with Crippen molar-refractivity contribution in [2.75, 3.05) is 0 Å². The van der Waals surface area contributed by atoms with E-state index in [4.69, 9.17) is 4.57 Å². The van der Waals surface area contributed by atoms with Crippen molar-refractivity contribution < 1.29 is 4.57 Å². The van der Waals surface area contributed by atoms with E-state index in [2.05, 4.69) is 19.1 Å². The van der Waals surface area contributed by atoms with Crippen molar-refractivity contribution in [3.8, 4) is 0 Å². The van der Waals surface area contributed by atoms with Crippen molar-refractivity contribution in [2.24, 2.45) is 0 Å². The zero-order chi connectivity index (χ0) is 7.11. The summed E-state index contributed by atoms with van der Waals surface area (Å²) in [5.41, 5.74) is 1.32. The Balaban J connectivity index is 0.000000291. The first-order chi connectivity index (χ1) is 4.39. The number of rotatable bonds is 0. The second-order valence-electron chi connectivity index (χ2n) is 1.65. The van der Waals surface area contributed by atoms with Crippen LogP contribution in [0.4, 0.5) is 0 Å². The van der Waals surface area contributed by atoms with E-state index in [1.165, 1.54) is 14.7 Å². The van der Waals surface area contributed by atoms with Crippen LogP contribution in [-0.4, -0.2) is 0 Å². The van der Waals surface area contributed by atoms with Crippen LogP contribution in [0.1, 0.15) is 5.56 Å². The summed E-state index contributed by atoms with van der Waals surface area (Å²) in [7, 11) is 1.17. The zero-order valence-corrected chi connectivity index (χ0v) is 6.53. The van der Waals surface area contributed by atoms with Crippen molar-refractivity contribution in [1.82, 2.24) is 0 Å². The molecule has 0 heterocycles. The minimum Gasteiger partial charge on any atom is -0.0801 e. The Morgan fingerprint density at radius 3 is 1.78 bits per heavy atom. The summed E-state index contributed by atoms with van der Waals surface area (Å²) in [6.45, 7) is 2.08. The van der Waals surface area contributed by atoms with Gasteiger partial charge in [0.2, 0.25) is 0 Å². The van der Waals surface area contributed by atoms with Gasteiger partial charge in [0.15, 0.2) is 0 Å². The lowest BCUT2D eigenvalue weighted by Crippen LogP contribution is -1.62. The number of hydrogen-bond donors (Lipinski definition) is 0. The number of benzene rings is 1. The number of aryl methyl sites for hydroxylation is 1. The summed E-state index contributed by atoms with van der Waals surface area (Å²) < 4.78 is 8.17. The van der Waals surface area contributed by atoms with E-state index in [1.54, 1.807) is 0 Å². The molecule has 48 valence electrons. The average Bonchev–Trinajstić information content (AvgIpc) is 1.94. The van der Waals surface area contributed by atoms with E-state index in [0.717, 1.165) is 0 Å². The van der Waals surface area contributed by atoms with Crippen LogP contribution in [0, 0.1) is 6.92 Å². The van der Waals surface area contributed by atoms with Crippen molar-refractivity contribution in [2.45, 2.75) is 6.92 Å². The lowest BCUT2D eigenvalue weighted by molar-refractivity contribution is 0.607. The lowest BCUT2D eigenvalue weighted by atomic mass is 10.2. The Bertz CT molecular complexity index is 150. The molecular weight excluding hydrogens is 131 g/mol. The fraction of sp³-hybridized carbons (Fsp3) is 0.143. The molecule has 1 unspecified atom stereocenters. The maximum Gasteiger partial charge on any atom is 0.310 e. The van der Waals surface area contributed by atoms with Crippen LogP contribution < -0.4 is 0 Å². The first kappa shape index (κ1) is 8.32. The summed E-state index contributed by atoms with van der Waals surface area (Å²) in [5, 5.41) is 0. The van der Waals surface area contributed by atoms with Crippen LogP contribution in [0.2, 0.25) is 0 Å². The minimum absolute atomic E-state index is 1.17. The van der Waals surface area contributed by atoms with Crippen LogP contribution in [0.3, 0.4) is 0 Å². The fourth-order valence-corrected chi connectivity index (χ4v) is 0.534. The summed E-state index contributed by atoms with van der Waals surface area (Å²) in [6.07, 6.45) is 0. The van der Waals surface area contributed by atoms with E-state index < -0.39 is 0 Å². The molecule has 0 saturated heterocycles. The van der Waals surface area contributed by atoms with Gasteiger partial charge in [0.25, 0.3) is 0 Å². The Hall–Kier alpha value is -0.680. The molecule has 9 heavy (non-hydrogen) atoms. The predicted octanol–water partition coefficient (Wildman–Crippen LogP) is 2.20. The van der Waals surface area contributed by atoms with Crippen molar-refractivity contribution in [3.05, 3.63) is 35.9 Å². The molecule has 0 aliphatic carbocycles. The van der Waals surface area contributed by atoms with Crippen molar-refractivity contribution >= 4 is 9.12 Å². The molecule has 2 heteroatoms. The van der Waals surface area contributed by atoms with Gasteiger partial charge in [-0.15, -0.1) is 0 Å². The van der Waals surface area contributed by atoms with Gasteiger partial charge in [-0.05, 0) is 6.92 Å². The van der Waals surface area contributed by atoms with Crippen LogP contribution in [-0.2, 0) is 4.57 Å². The summed E-state index contributed by atoms with van der Waals surface area (Å²) in [5.74, 6) is 0. The molecular formula is C7H10OP+. The van der Waals surface area contributed by atoms with E-state index in [-0.39, 0.29) is 0 Å². The quantitative estimate of drug-likeness (QED) is 0.506. The molecule has 0 radical (unpaired) electrons. The normalized spacial score (nSPS) is 7.22. The summed E-state index contributed by atoms with van der Waals surface area (Å²) in [4.78, 5) is 0. The Kier molecular flexibility index (Phi) is 5.04. The van der Waals surface area contributed by atoms with Gasteiger partial charge < -0.3 is 0 Å². The average molecular weight is 141 g/mol. The largest absolute Gasteiger partial charge is 0.310 e. The van der Waals surface area contributed by atoms with Gasteiger partial charge in [-0.3, -0.25) is 0 Å². The van der Waals surface area contributed by atoms with Gasteiger partial charge in [-0.25, -0.2) is 0 Å². The molecule has 0 fully saturated rings. The van der Waals surface area contributed by atoms with Crippen LogP contribution in [0.15, 0.2) is 30.3 Å². The van der Waals surface area contributed by atoms with Crippen molar-refractivity contribution in [3.63, 3.8) is 0 Å². The molecule has 1 aromatic rings. The Morgan fingerprint density at radius 2 is 1.56 bits per heavy atom. The van der Waals surface area contributed by atoms with Gasteiger partial charge in [0.05, 0.1) is 0 Å².